The number of benzene rings is 2. The molecule has 1 saturated heterocycles. The van der Waals surface area contributed by atoms with Crippen molar-refractivity contribution in [2.75, 3.05) is 26.2 Å². The highest BCUT2D eigenvalue weighted by molar-refractivity contribution is 5.39. The summed E-state index contributed by atoms with van der Waals surface area (Å²) in [5.74, 6) is 1.12. The van der Waals surface area contributed by atoms with E-state index < -0.39 is 17.6 Å². The van der Waals surface area contributed by atoms with Crippen LogP contribution >= 0.6 is 0 Å². The van der Waals surface area contributed by atoms with Crippen molar-refractivity contribution < 1.29 is 27.0 Å². The maximum atomic E-state index is 14.1. The molecule has 32 heavy (non-hydrogen) atoms. The number of alkyl halides is 3. The van der Waals surface area contributed by atoms with Gasteiger partial charge in [-0.25, -0.2) is 4.39 Å². The minimum atomic E-state index is -4.58. The first kappa shape index (κ1) is 24.3. The van der Waals surface area contributed by atoms with Gasteiger partial charge in [-0.3, -0.25) is 0 Å². The van der Waals surface area contributed by atoms with Crippen LogP contribution in [0.3, 0.4) is 0 Å². The van der Waals surface area contributed by atoms with Gasteiger partial charge in [0.25, 0.3) is 0 Å². The summed E-state index contributed by atoms with van der Waals surface area (Å²) >= 11 is 0. The van der Waals surface area contributed by atoms with E-state index in [0.717, 1.165) is 43.8 Å². The Morgan fingerprint density at radius 2 is 1.84 bits per heavy atom. The Kier molecular flexibility index (Phi) is 8.37. The first-order valence-electron chi connectivity index (χ1n) is 10.9. The first-order chi connectivity index (χ1) is 15.2. The third kappa shape index (κ3) is 7.38. The predicted octanol–water partition coefficient (Wildman–Crippen LogP) is 5.16. The van der Waals surface area contributed by atoms with Gasteiger partial charge in [0.2, 0.25) is 0 Å². The van der Waals surface area contributed by atoms with E-state index in [1.165, 1.54) is 0 Å². The van der Waals surface area contributed by atoms with Crippen LogP contribution in [0.4, 0.5) is 17.6 Å². The highest BCUT2D eigenvalue weighted by Crippen LogP contribution is 2.31. The van der Waals surface area contributed by atoms with Gasteiger partial charge in [-0.15, -0.1) is 0 Å². The molecule has 0 spiro atoms. The Balaban J connectivity index is 1.67. The SMILES string of the molecule is CC(C)COc1cc(CNCC2CCNC2)cc(OCc2ccc(C(F)(F)F)cc2F)c1. The van der Waals surface area contributed by atoms with Gasteiger partial charge in [0.05, 0.1) is 12.2 Å². The van der Waals surface area contributed by atoms with Crippen LogP contribution in [0, 0.1) is 17.7 Å². The van der Waals surface area contributed by atoms with Crippen molar-refractivity contribution in [1.29, 1.82) is 0 Å². The normalized spacial score (nSPS) is 16.5. The number of rotatable bonds is 10. The fourth-order valence-electron chi connectivity index (χ4n) is 3.47. The summed E-state index contributed by atoms with van der Waals surface area (Å²) in [6.45, 7) is 8.03. The molecule has 8 heteroatoms. The van der Waals surface area contributed by atoms with Crippen LogP contribution in [0.1, 0.15) is 37.0 Å². The molecule has 0 amide bonds. The molecule has 0 aliphatic carbocycles. The number of hydrogen-bond donors (Lipinski definition) is 2. The van der Waals surface area contributed by atoms with E-state index in [-0.39, 0.29) is 12.2 Å². The molecule has 1 aliphatic rings. The second-order valence-electron chi connectivity index (χ2n) is 8.60. The summed E-state index contributed by atoms with van der Waals surface area (Å²) in [7, 11) is 0. The van der Waals surface area contributed by atoms with Crippen LogP contribution in [0.25, 0.3) is 0 Å². The zero-order chi connectivity index (χ0) is 23.1. The molecular formula is C24H30F4N2O2. The third-order valence-electron chi connectivity index (χ3n) is 5.22. The monoisotopic (exact) mass is 454 g/mol. The molecule has 0 saturated carbocycles. The third-order valence-corrected chi connectivity index (χ3v) is 5.22. The van der Waals surface area contributed by atoms with Gasteiger partial charge in [-0.1, -0.05) is 19.9 Å². The van der Waals surface area contributed by atoms with Gasteiger partial charge in [-0.05, 0) is 67.7 Å². The molecule has 1 atom stereocenters. The molecule has 3 rings (SSSR count). The molecule has 1 fully saturated rings. The lowest BCUT2D eigenvalue weighted by Gasteiger charge is -2.15. The van der Waals surface area contributed by atoms with Gasteiger partial charge >= 0.3 is 6.18 Å². The molecule has 4 nitrogen and oxygen atoms in total. The highest BCUT2D eigenvalue weighted by atomic mass is 19.4. The summed E-state index contributed by atoms with van der Waals surface area (Å²) in [4.78, 5) is 0. The molecule has 1 aliphatic heterocycles. The lowest BCUT2D eigenvalue weighted by molar-refractivity contribution is -0.137. The van der Waals surface area contributed by atoms with E-state index in [4.69, 9.17) is 9.47 Å². The van der Waals surface area contributed by atoms with Gasteiger partial charge in [-0.2, -0.15) is 13.2 Å². The summed E-state index contributed by atoms with van der Waals surface area (Å²) in [6, 6.07) is 7.95. The van der Waals surface area contributed by atoms with E-state index in [9.17, 15) is 17.6 Å². The smallest absolute Gasteiger partial charge is 0.416 e. The van der Waals surface area contributed by atoms with E-state index in [2.05, 4.69) is 10.6 Å². The maximum Gasteiger partial charge on any atom is 0.416 e. The molecule has 2 aromatic rings. The first-order valence-corrected chi connectivity index (χ1v) is 10.9. The van der Waals surface area contributed by atoms with Crippen LogP contribution in [0.5, 0.6) is 11.5 Å². The second kappa shape index (κ2) is 11.0. The Labute approximate surface area is 186 Å². The maximum absolute atomic E-state index is 14.1. The van der Waals surface area contributed by atoms with Crippen LogP contribution in [-0.2, 0) is 19.3 Å². The van der Waals surface area contributed by atoms with Crippen LogP contribution in [-0.4, -0.2) is 26.2 Å². The van der Waals surface area contributed by atoms with Crippen molar-refractivity contribution >= 4 is 0 Å². The average Bonchev–Trinajstić information content (AvgIpc) is 3.24. The van der Waals surface area contributed by atoms with E-state index in [1.54, 1.807) is 6.07 Å². The average molecular weight is 455 g/mol. The van der Waals surface area contributed by atoms with Gasteiger partial charge in [0, 0.05) is 18.2 Å². The molecule has 0 radical (unpaired) electrons. The minimum absolute atomic E-state index is 0.0555. The zero-order valence-corrected chi connectivity index (χ0v) is 18.4. The van der Waals surface area contributed by atoms with Gasteiger partial charge in [0.1, 0.15) is 23.9 Å². The lowest BCUT2D eigenvalue weighted by Crippen LogP contribution is -2.24. The number of ether oxygens (including phenoxy) is 2. The Hall–Kier alpha value is -2.32. The van der Waals surface area contributed by atoms with Crippen molar-refractivity contribution in [2.24, 2.45) is 11.8 Å². The Bertz CT molecular complexity index is 881. The van der Waals surface area contributed by atoms with Crippen molar-refractivity contribution in [3.63, 3.8) is 0 Å². The minimum Gasteiger partial charge on any atom is -0.493 e. The fraction of sp³-hybridized carbons (Fsp3) is 0.500. The van der Waals surface area contributed by atoms with Gasteiger partial charge < -0.3 is 20.1 Å². The summed E-state index contributed by atoms with van der Waals surface area (Å²) < 4.78 is 64.0. The molecule has 0 bridgehead atoms. The van der Waals surface area contributed by atoms with E-state index in [1.807, 2.05) is 26.0 Å². The van der Waals surface area contributed by atoms with Crippen LogP contribution < -0.4 is 20.1 Å². The standard InChI is InChI=1S/C24H30F4N2O2/c1-16(2)14-31-21-7-18(13-30-12-17-5-6-29-11-17)8-22(10-21)32-15-19-3-4-20(9-23(19)25)24(26,27)28/h3-4,7-10,16-17,29-30H,5-6,11-15H2,1-2H3. The largest absolute Gasteiger partial charge is 0.493 e. The zero-order valence-electron chi connectivity index (χ0n) is 18.4. The number of nitrogens with one attached hydrogen (secondary N) is 2. The number of halogens is 4. The molecule has 176 valence electrons. The van der Waals surface area contributed by atoms with E-state index >= 15 is 0 Å². The summed E-state index contributed by atoms with van der Waals surface area (Å²) in [5, 5.41) is 6.79. The Morgan fingerprint density at radius 1 is 1.09 bits per heavy atom. The van der Waals surface area contributed by atoms with Crippen LogP contribution in [0.15, 0.2) is 36.4 Å². The topological polar surface area (TPSA) is 42.5 Å². The van der Waals surface area contributed by atoms with Crippen molar-refractivity contribution in [3.8, 4) is 11.5 Å². The predicted molar refractivity (Wildman–Crippen MR) is 115 cm³/mol. The van der Waals surface area contributed by atoms with Crippen LogP contribution in [0.2, 0.25) is 0 Å². The fourth-order valence-corrected chi connectivity index (χ4v) is 3.47. The highest BCUT2D eigenvalue weighted by Gasteiger charge is 2.31. The molecule has 1 unspecified atom stereocenters. The second-order valence-corrected chi connectivity index (χ2v) is 8.60. The molecular weight excluding hydrogens is 424 g/mol. The summed E-state index contributed by atoms with van der Waals surface area (Å²) in [6.07, 6.45) is -3.43. The summed E-state index contributed by atoms with van der Waals surface area (Å²) in [5.41, 5.74) is -0.00586. The van der Waals surface area contributed by atoms with Crippen molar-refractivity contribution in [1.82, 2.24) is 10.6 Å². The number of hydrogen-bond acceptors (Lipinski definition) is 4. The van der Waals surface area contributed by atoms with Crippen molar-refractivity contribution in [3.05, 3.63) is 58.9 Å². The molecule has 1 heterocycles. The molecule has 2 aromatic carbocycles. The Morgan fingerprint density at radius 3 is 2.47 bits per heavy atom. The molecule has 2 N–H and O–H groups in total. The van der Waals surface area contributed by atoms with Crippen molar-refractivity contribution in [2.45, 2.75) is 39.6 Å². The van der Waals surface area contributed by atoms with Gasteiger partial charge in [0.15, 0.2) is 0 Å². The molecule has 0 aromatic heterocycles. The quantitative estimate of drug-likeness (QED) is 0.487. The van der Waals surface area contributed by atoms with E-state index in [0.29, 0.717) is 42.6 Å². The lowest BCUT2D eigenvalue weighted by atomic mass is 10.1.